The van der Waals surface area contributed by atoms with Gasteiger partial charge in [0.15, 0.2) is 23.0 Å². The number of fused-ring (bicyclic) bond motifs is 2. The maximum absolute atomic E-state index is 10.6. The molecule has 1 aliphatic heterocycles. The van der Waals surface area contributed by atoms with Crippen LogP contribution in [0.1, 0.15) is 86.3 Å². The van der Waals surface area contributed by atoms with E-state index in [1.165, 1.54) is 0 Å². The number of benzene rings is 2. The van der Waals surface area contributed by atoms with Crippen molar-refractivity contribution in [3.63, 3.8) is 0 Å². The summed E-state index contributed by atoms with van der Waals surface area (Å²) in [5.41, 5.74) is 1.32. The molecule has 218 valence electrons. The van der Waals surface area contributed by atoms with Crippen LogP contribution in [0.5, 0.6) is 23.0 Å². The van der Waals surface area contributed by atoms with Gasteiger partial charge in [-0.25, -0.2) is 0 Å². The van der Waals surface area contributed by atoms with Crippen molar-refractivity contribution in [2.75, 3.05) is 26.4 Å². The van der Waals surface area contributed by atoms with E-state index in [1.807, 2.05) is 38.1 Å². The standard InChI is InChI=1S/C33H50O6/c1-22(34)14-23-18-36-27-12-10-26(32(5,6)7)16-30(27)39-21-24(17-33(8,9)35)20-37-28-13-11-25(31(2,3)4)15-29(28)38-19-23/h10-13,15-16,22-24,34-35H,14,17-21H2,1-9H3. The first-order chi connectivity index (χ1) is 18.0. The van der Waals surface area contributed by atoms with Crippen molar-refractivity contribution in [1.29, 1.82) is 0 Å². The minimum atomic E-state index is -0.876. The van der Waals surface area contributed by atoms with Crippen LogP contribution in [0.2, 0.25) is 0 Å². The Morgan fingerprint density at radius 1 is 0.667 bits per heavy atom. The monoisotopic (exact) mass is 542 g/mol. The fourth-order valence-electron chi connectivity index (χ4n) is 4.78. The molecule has 0 saturated heterocycles. The van der Waals surface area contributed by atoms with Crippen LogP contribution in [0.25, 0.3) is 0 Å². The molecular weight excluding hydrogens is 492 g/mol. The van der Waals surface area contributed by atoms with Gasteiger partial charge in [-0.05, 0) is 79.8 Å². The van der Waals surface area contributed by atoms with E-state index in [-0.39, 0.29) is 22.7 Å². The van der Waals surface area contributed by atoms with E-state index in [9.17, 15) is 10.2 Å². The Morgan fingerprint density at radius 2 is 1.05 bits per heavy atom. The molecule has 0 bridgehead atoms. The number of ether oxygens (including phenoxy) is 4. The minimum absolute atomic E-state index is 0.0443. The van der Waals surface area contributed by atoms with Gasteiger partial charge in [0, 0.05) is 11.8 Å². The van der Waals surface area contributed by atoms with E-state index in [1.54, 1.807) is 6.92 Å². The molecule has 0 fully saturated rings. The first kappa shape index (κ1) is 31.1. The first-order valence-corrected chi connectivity index (χ1v) is 14.2. The van der Waals surface area contributed by atoms with Crippen LogP contribution in [0, 0.1) is 11.8 Å². The van der Waals surface area contributed by atoms with Gasteiger partial charge in [-0.15, -0.1) is 0 Å². The second-order valence-electron chi connectivity index (χ2n) is 13.9. The summed E-state index contributed by atoms with van der Waals surface area (Å²) >= 11 is 0. The Kier molecular flexibility index (Phi) is 9.87. The lowest BCUT2D eigenvalue weighted by molar-refractivity contribution is 0.0294. The molecule has 0 amide bonds. The average Bonchev–Trinajstić information content (AvgIpc) is 2.80. The fraction of sp³-hybridized carbons (Fsp3) is 0.636. The van der Waals surface area contributed by atoms with Gasteiger partial charge in [0.2, 0.25) is 0 Å². The van der Waals surface area contributed by atoms with Crippen LogP contribution in [-0.2, 0) is 10.8 Å². The van der Waals surface area contributed by atoms with Crippen LogP contribution in [0.4, 0.5) is 0 Å². The molecule has 3 atom stereocenters. The highest BCUT2D eigenvalue weighted by Crippen LogP contribution is 2.37. The van der Waals surface area contributed by atoms with E-state index in [0.717, 1.165) is 11.1 Å². The lowest BCUT2D eigenvalue weighted by atomic mass is 9.87. The third-order valence-electron chi connectivity index (χ3n) is 6.98. The van der Waals surface area contributed by atoms with Gasteiger partial charge in [0.1, 0.15) is 0 Å². The summed E-state index contributed by atoms with van der Waals surface area (Å²) < 4.78 is 25.4. The summed E-state index contributed by atoms with van der Waals surface area (Å²) in [6.07, 6.45) is 0.563. The summed E-state index contributed by atoms with van der Waals surface area (Å²) in [4.78, 5) is 0. The van der Waals surface area contributed by atoms with Gasteiger partial charge in [0.25, 0.3) is 0 Å². The van der Waals surface area contributed by atoms with Crippen molar-refractivity contribution in [3.8, 4) is 23.0 Å². The molecule has 0 saturated carbocycles. The molecule has 2 aromatic carbocycles. The zero-order chi connectivity index (χ0) is 29.0. The third kappa shape index (κ3) is 9.61. The first-order valence-electron chi connectivity index (χ1n) is 14.2. The van der Waals surface area contributed by atoms with Gasteiger partial charge in [0.05, 0.1) is 38.1 Å². The molecule has 3 unspecified atom stereocenters. The molecule has 6 heteroatoms. The maximum atomic E-state index is 10.6. The second-order valence-corrected chi connectivity index (χ2v) is 13.9. The summed E-state index contributed by atoms with van der Waals surface area (Å²) in [5.74, 6) is 2.55. The molecule has 3 rings (SSSR count). The summed E-state index contributed by atoms with van der Waals surface area (Å²) in [5, 5.41) is 20.8. The Morgan fingerprint density at radius 3 is 1.41 bits per heavy atom. The normalized spacial score (nSPS) is 20.2. The van der Waals surface area contributed by atoms with Crippen molar-refractivity contribution in [3.05, 3.63) is 47.5 Å². The number of rotatable bonds is 4. The van der Waals surface area contributed by atoms with Crippen molar-refractivity contribution < 1.29 is 29.2 Å². The highest BCUT2D eigenvalue weighted by atomic mass is 16.5. The lowest BCUT2D eigenvalue weighted by Crippen LogP contribution is -2.30. The third-order valence-corrected chi connectivity index (χ3v) is 6.98. The topological polar surface area (TPSA) is 77.4 Å². The number of aliphatic hydroxyl groups is 2. The zero-order valence-corrected chi connectivity index (χ0v) is 25.5. The Balaban J connectivity index is 1.99. The Hall–Kier alpha value is -2.44. The van der Waals surface area contributed by atoms with Crippen LogP contribution in [0.15, 0.2) is 36.4 Å². The molecule has 2 aromatic rings. The average molecular weight is 543 g/mol. The van der Waals surface area contributed by atoms with Crippen molar-refractivity contribution >= 4 is 0 Å². The molecule has 0 spiro atoms. The van der Waals surface area contributed by atoms with Crippen molar-refractivity contribution in [2.24, 2.45) is 11.8 Å². The zero-order valence-electron chi connectivity index (χ0n) is 25.5. The van der Waals surface area contributed by atoms with E-state index in [2.05, 4.69) is 53.7 Å². The highest BCUT2D eigenvalue weighted by molar-refractivity contribution is 5.46. The van der Waals surface area contributed by atoms with Crippen LogP contribution < -0.4 is 18.9 Å². The Bertz CT molecular complexity index is 1070. The molecule has 6 nitrogen and oxygen atoms in total. The molecular formula is C33H50O6. The number of hydrogen-bond donors (Lipinski definition) is 2. The summed E-state index contributed by atoms with van der Waals surface area (Å²) in [6.45, 7) is 19.9. The van der Waals surface area contributed by atoms with Crippen LogP contribution in [0.3, 0.4) is 0 Å². The van der Waals surface area contributed by atoms with Gasteiger partial charge >= 0.3 is 0 Å². The summed E-state index contributed by atoms with van der Waals surface area (Å²) in [6, 6.07) is 12.2. The van der Waals surface area contributed by atoms with Crippen molar-refractivity contribution in [1.82, 2.24) is 0 Å². The largest absolute Gasteiger partial charge is 0.489 e. The predicted molar refractivity (Wildman–Crippen MR) is 156 cm³/mol. The van der Waals surface area contributed by atoms with Gasteiger partial charge in [-0.3, -0.25) is 0 Å². The van der Waals surface area contributed by atoms with Crippen LogP contribution in [-0.4, -0.2) is 48.3 Å². The predicted octanol–water partition coefficient (Wildman–Crippen LogP) is 6.67. The minimum Gasteiger partial charge on any atom is -0.489 e. The van der Waals surface area contributed by atoms with Gasteiger partial charge in [-0.1, -0.05) is 53.7 Å². The molecule has 1 heterocycles. The Labute approximate surface area is 235 Å². The quantitative estimate of drug-likeness (QED) is 0.449. The molecule has 0 radical (unpaired) electrons. The number of aliphatic hydroxyl groups excluding tert-OH is 1. The fourth-order valence-corrected chi connectivity index (χ4v) is 4.78. The molecule has 0 aromatic heterocycles. The van der Waals surface area contributed by atoms with E-state index < -0.39 is 11.7 Å². The van der Waals surface area contributed by atoms with E-state index in [4.69, 9.17) is 18.9 Å². The van der Waals surface area contributed by atoms with Gasteiger partial charge < -0.3 is 29.2 Å². The van der Waals surface area contributed by atoms with E-state index in [0.29, 0.717) is 62.3 Å². The molecule has 2 N–H and O–H groups in total. The molecule has 1 aliphatic rings. The van der Waals surface area contributed by atoms with E-state index >= 15 is 0 Å². The number of hydrogen-bond acceptors (Lipinski definition) is 6. The summed E-state index contributed by atoms with van der Waals surface area (Å²) in [7, 11) is 0. The smallest absolute Gasteiger partial charge is 0.161 e. The van der Waals surface area contributed by atoms with Crippen LogP contribution >= 0.6 is 0 Å². The second kappa shape index (κ2) is 12.4. The van der Waals surface area contributed by atoms with Crippen molar-refractivity contribution in [2.45, 2.75) is 97.7 Å². The lowest BCUT2D eigenvalue weighted by Gasteiger charge is -2.28. The molecule has 0 aliphatic carbocycles. The SMILES string of the molecule is CC(O)CC1COc2cc(C(C)(C)C)ccc2OCC(CC(C)(C)O)COc2cc(C(C)(C)C)ccc2OC1. The highest BCUT2D eigenvalue weighted by Gasteiger charge is 2.26. The van der Waals surface area contributed by atoms with Gasteiger partial charge in [-0.2, -0.15) is 0 Å². The molecule has 39 heavy (non-hydrogen) atoms. The maximum Gasteiger partial charge on any atom is 0.161 e.